The van der Waals surface area contributed by atoms with Gasteiger partial charge in [-0.05, 0) is 36.4 Å². The number of carbonyl (C=O) groups excluding carboxylic acids is 2. The monoisotopic (exact) mass is 400 g/mol. The van der Waals surface area contributed by atoms with Gasteiger partial charge in [0.25, 0.3) is 11.8 Å². The minimum Gasteiger partial charge on any atom is -0.345 e. The van der Waals surface area contributed by atoms with Crippen molar-refractivity contribution >= 4 is 28.7 Å². The van der Waals surface area contributed by atoms with Crippen molar-refractivity contribution in [2.45, 2.75) is 6.54 Å². The first-order valence-electron chi connectivity index (χ1n) is 9.35. The van der Waals surface area contributed by atoms with Crippen LogP contribution in [0.3, 0.4) is 0 Å². The van der Waals surface area contributed by atoms with Gasteiger partial charge in [0.2, 0.25) is 0 Å². The van der Waals surface area contributed by atoms with Crippen molar-refractivity contribution in [3.63, 3.8) is 0 Å². The highest BCUT2D eigenvalue weighted by Crippen LogP contribution is 2.16. The van der Waals surface area contributed by atoms with Crippen molar-refractivity contribution < 1.29 is 9.59 Å². The molecule has 8 heteroatoms. The van der Waals surface area contributed by atoms with Gasteiger partial charge in [-0.3, -0.25) is 14.6 Å². The number of carbonyl (C=O) groups is 2. The average molecular weight is 400 g/mol. The second-order valence-corrected chi connectivity index (χ2v) is 6.99. The Balaban J connectivity index is 1.53. The Labute approximate surface area is 173 Å². The highest BCUT2D eigenvalue weighted by atomic mass is 16.2. The van der Waals surface area contributed by atoms with Crippen molar-refractivity contribution in [3.8, 4) is 0 Å². The Kier molecular flexibility index (Phi) is 5.21. The van der Waals surface area contributed by atoms with E-state index in [1.54, 1.807) is 57.0 Å². The number of hydrogen-bond acceptors (Lipinski definition) is 5. The van der Waals surface area contributed by atoms with E-state index in [2.05, 4.69) is 20.3 Å². The minimum absolute atomic E-state index is 0.132. The maximum absolute atomic E-state index is 12.7. The summed E-state index contributed by atoms with van der Waals surface area (Å²) in [4.78, 5) is 39.4. The Morgan fingerprint density at radius 1 is 1.00 bits per heavy atom. The van der Waals surface area contributed by atoms with Gasteiger partial charge < -0.3 is 14.8 Å². The number of nitrogens with one attached hydrogen (secondary N) is 1. The van der Waals surface area contributed by atoms with Gasteiger partial charge >= 0.3 is 0 Å². The molecule has 0 bridgehead atoms. The summed E-state index contributed by atoms with van der Waals surface area (Å²) in [5, 5.41) is 2.81. The molecular weight excluding hydrogens is 380 g/mol. The van der Waals surface area contributed by atoms with Crippen molar-refractivity contribution in [1.29, 1.82) is 0 Å². The standard InChI is InChI=1S/C22H20N6O2/c1-27(2)22(30)15-6-5-8-17(10-15)26-21(29)16-11-19-20(24-12-16)28(14-25-19)13-18-7-3-4-9-23-18/h3-12,14H,13H2,1-2H3,(H,26,29). The molecule has 4 aromatic rings. The largest absolute Gasteiger partial charge is 0.345 e. The third kappa shape index (κ3) is 4.02. The van der Waals surface area contributed by atoms with Crippen LogP contribution in [0, 0.1) is 0 Å². The Morgan fingerprint density at radius 2 is 1.87 bits per heavy atom. The van der Waals surface area contributed by atoms with Gasteiger partial charge in [0, 0.05) is 37.7 Å². The predicted molar refractivity (Wildman–Crippen MR) is 113 cm³/mol. The molecule has 0 fully saturated rings. The molecule has 0 unspecified atom stereocenters. The number of benzene rings is 1. The number of fused-ring (bicyclic) bond motifs is 1. The van der Waals surface area contributed by atoms with Gasteiger partial charge in [-0.1, -0.05) is 12.1 Å². The van der Waals surface area contributed by atoms with Crippen LogP contribution in [-0.4, -0.2) is 50.3 Å². The number of nitrogens with zero attached hydrogens (tertiary/aromatic N) is 5. The van der Waals surface area contributed by atoms with E-state index in [-0.39, 0.29) is 11.8 Å². The maximum atomic E-state index is 12.7. The van der Waals surface area contributed by atoms with E-state index in [1.807, 2.05) is 22.8 Å². The summed E-state index contributed by atoms with van der Waals surface area (Å²) >= 11 is 0. The lowest BCUT2D eigenvalue weighted by molar-refractivity contribution is 0.0827. The van der Waals surface area contributed by atoms with Gasteiger partial charge in [-0.15, -0.1) is 0 Å². The molecule has 1 N–H and O–H groups in total. The molecule has 0 atom stereocenters. The van der Waals surface area contributed by atoms with Crippen LogP contribution < -0.4 is 5.32 Å². The normalized spacial score (nSPS) is 10.7. The summed E-state index contributed by atoms with van der Waals surface area (Å²) in [6.45, 7) is 0.544. The zero-order chi connectivity index (χ0) is 21.1. The lowest BCUT2D eigenvalue weighted by Gasteiger charge is -2.11. The van der Waals surface area contributed by atoms with E-state index >= 15 is 0 Å². The van der Waals surface area contributed by atoms with Crippen LogP contribution in [0.1, 0.15) is 26.4 Å². The quantitative estimate of drug-likeness (QED) is 0.556. The zero-order valence-electron chi connectivity index (χ0n) is 16.6. The smallest absolute Gasteiger partial charge is 0.257 e. The van der Waals surface area contributed by atoms with Crippen molar-refractivity contribution in [3.05, 3.63) is 84.1 Å². The summed E-state index contributed by atoms with van der Waals surface area (Å²) in [5.41, 5.74) is 3.61. The van der Waals surface area contributed by atoms with E-state index in [4.69, 9.17) is 0 Å². The first kappa shape index (κ1) is 19.3. The summed E-state index contributed by atoms with van der Waals surface area (Å²) in [5.74, 6) is -0.453. The molecule has 0 radical (unpaired) electrons. The van der Waals surface area contributed by atoms with E-state index in [0.29, 0.717) is 34.5 Å². The van der Waals surface area contributed by atoms with E-state index in [9.17, 15) is 9.59 Å². The molecule has 30 heavy (non-hydrogen) atoms. The second-order valence-electron chi connectivity index (χ2n) is 6.99. The average Bonchev–Trinajstić information content (AvgIpc) is 3.16. The van der Waals surface area contributed by atoms with Crippen molar-refractivity contribution in [2.24, 2.45) is 0 Å². The van der Waals surface area contributed by atoms with Crippen LogP contribution >= 0.6 is 0 Å². The van der Waals surface area contributed by atoms with E-state index < -0.39 is 0 Å². The number of imidazole rings is 1. The third-order valence-electron chi connectivity index (χ3n) is 4.55. The number of rotatable bonds is 5. The summed E-state index contributed by atoms with van der Waals surface area (Å²) in [6.07, 6.45) is 4.94. The summed E-state index contributed by atoms with van der Waals surface area (Å²) < 4.78 is 1.88. The first-order chi connectivity index (χ1) is 14.5. The topological polar surface area (TPSA) is 93.0 Å². The van der Waals surface area contributed by atoms with E-state index in [0.717, 1.165) is 5.69 Å². The van der Waals surface area contributed by atoms with Crippen LogP contribution in [0.5, 0.6) is 0 Å². The fourth-order valence-electron chi connectivity index (χ4n) is 3.05. The molecule has 2 amide bonds. The molecule has 0 spiro atoms. The number of amides is 2. The molecule has 1 aromatic carbocycles. The molecule has 0 saturated carbocycles. The van der Waals surface area contributed by atoms with Gasteiger partial charge in [-0.2, -0.15) is 0 Å². The lowest BCUT2D eigenvalue weighted by atomic mass is 10.1. The fourth-order valence-corrected chi connectivity index (χ4v) is 3.05. The minimum atomic E-state index is -0.321. The Morgan fingerprint density at radius 3 is 2.63 bits per heavy atom. The fraction of sp³-hybridized carbons (Fsp3) is 0.136. The molecule has 0 aliphatic rings. The molecule has 0 aliphatic carbocycles. The van der Waals surface area contributed by atoms with Crippen LogP contribution in [-0.2, 0) is 6.54 Å². The molecule has 0 saturated heterocycles. The van der Waals surface area contributed by atoms with Gasteiger partial charge in [0.15, 0.2) is 5.65 Å². The van der Waals surface area contributed by atoms with Crippen molar-refractivity contribution in [1.82, 2.24) is 24.4 Å². The molecule has 8 nitrogen and oxygen atoms in total. The molecule has 3 aromatic heterocycles. The Hall–Kier alpha value is -4.07. The van der Waals surface area contributed by atoms with Crippen LogP contribution in [0.2, 0.25) is 0 Å². The predicted octanol–water partition coefficient (Wildman–Crippen LogP) is 2.83. The highest BCUT2D eigenvalue weighted by molar-refractivity contribution is 6.06. The molecule has 4 rings (SSSR count). The van der Waals surface area contributed by atoms with Gasteiger partial charge in [-0.25, -0.2) is 9.97 Å². The van der Waals surface area contributed by atoms with Crippen LogP contribution in [0.25, 0.3) is 11.2 Å². The molecule has 0 aliphatic heterocycles. The second kappa shape index (κ2) is 8.12. The van der Waals surface area contributed by atoms with Gasteiger partial charge in [0.05, 0.1) is 24.1 Å². The van der Waals surface area contributed by atoms with Crippen molar-refractivity contribution in [2.75, 3.05) is 19.4 Å². The number of aromatic nitrogens is 4. The maximum Gasteiger partial charge on any atom is 0.257 e. The molecule has 3 heterocycles. The SMILES string of the molecule is CN(C)C(=O)c1cccc(NC(=O)c2cnc3c(c2)ncn3Cc2ccccn2)c1. The number of hydrogen-bond donors (Lipinski definition) is 1. The number of anilines is 1. The van der Waals surface area contributed by atoms with Crippen LogP contribution in [0.4, 0.5) is 5.69 Å². The summed E-state index contributed by atoms with van der Waals surface area (Å²) in [6, 6.07) is 14.2. The molecule has 150 valence electrons. The lowest BCUT2D eigenvalue weighted by Crippen LogP contribution is -2.22. The third-order valence-corrected chi connectivity index (χ3v) is 4.55. The highest BCUT2D eigenvalue weighted by Gasteiger charge is 2.13. The van der Waals surface area contributed by atoms with E-state index in [1.165, 1.54) is 11.1 Å². The van der Waals surface area contributed by atoms with Crippen LogP contribution in [0.15, 0.2) is 67.3 Å². The van der Waals surface area contributed by atoms with Gasteiger partial charge in [0.1, 0.15) is 5.52 Å². The first-order valence-corrected chi connectivity index (χ1v) is 9.35. The Bertz CT molecular complexity index is 1220. The molecular formula is C22H20N6O2. The zero-order valence-corrected chi connectivity index (χ0v) is 16.6. The number of pyridine rings is 2. The summed E-state index contributed by atoms with van der Waals surface area (Å²) in [7, 11) is 3.36.